The summed E-state index contributed by atoms with van der Waals surface area (Å²) in [6.45, 7) is 9.42. The smallest absolute Gasteiger partial charge is 0.247 e. The number of H-pyrrole nitrogens is 1. The van der Waals surface area contributed by atoms with E-state index in [1.807, 2.05) is 0 Å². The van der Waals surface area contributed by atoms with Crippen LogP contribution in [0.1, 0.15) is 257 Å². The molecule has 2 atom stereocenters. The lowest BCUT2D eigenvalue weighted by Gasteiger charge is -2.17. The minimum atomic E-state index is 0.620. The van der Waals surface area contributed by atoms with Gasteiger partial charge in [-0.3, -0.25) is 0 Å². The average molecular weight is 616 g/mol. The minimum Gasteiger partial charge on any atom is -0.247 e. The van der Waals surface area contributed by atoms with Crippen LogP contribution in [-0.2, 0) is 0 Å². The molecule has 1 aromatic heterocycles. The molecule has 1 aromatic rings. The zero-order valence-corrected chi connectivity index (χ0v) is 31.1. The highest BCUT2D eigenvalue weighted by atomic mass is 15.1. The normalized spacial score (nSPS) is 13.1. The van der Waals surface area contributed by atoms with Gasteiger partial charge < -0.3 is 0 Å². The number of hydrogen-bond donors (Lipinski definition) is 1. The topological polar surface area (TPSA) is 19.7 Å². The first kappa shape index (κ1) is 41.2. The van der Waals surface area contributed by atoms with Crippen molar-refractivity contribution in [1.29, 1.82) is 0 Å². The molecule has 0 radical (unpaired) electrons. The largest absolute Gasteiger partial charge is 0.257 e. The van der Waals surface area contributed by atoms with Crippen LogP contribution in [0.25, 0.3) is 0 Å². The Labute approximate surface area is 278 Å². The highest BCUT2D eigenvalue weighted by Crippen LogP contribution is 2.27. The lowest BCUT2D eigenvalue weighted by atomic mass is 9.93. The van der Waals surface area contributed by atoms with E-state index in [0.717, 1.165) is 0 Å². The maximum atomic E-state index is 3.73. The number of aromatic nitrogens is 2. The first-order valence-electron chi connectivity index (χ1n) is 20.8. The summed E-state index contributed by atoms with van der Waals surface area (Å²) in [5.74, 6) is 2.24. The third-order valence-corrected chi connectivity index (χ3v) is 10.4. The van der Waals surface area contributed by atoms with Gasteiger partial charge in [-0.05, 0) is 32.6 Å². The molecule has 1 heterocycles. The van der Waals surface area contributed by atoms with Gasteiger partial charge in [-0.1, -0.05) is 207 Å². The van der Waals surface area contributed by atoms with Gasteiger partial charge in [-0.25, -0.2) is 9.55 Å². The minimum absolute atomic E-state index is 0.620. The summed E-state index contributed by atoms with van der Waals surface area (Å²) in [6.07, 6.45) is 51.7. The molecule has 0 aliphatic heterocycles. The Morgan fingerprint density at radius 2 is 0.727 bits per heavy atom. The van der Waals surface area contributed by atoms with Crippen molar-refractivity contribution in [2.75, 3.05) is 0 Å². The fraction of sp³-hybridized carbons (Fsp3) is 0.929. The van der Waals surface area contributed by atoms with Crippen molar-refractivity contribution >= 4 is 0 Å². The van der Waals surface area contributed by atoms with Gasteiger partial charge in [-0.2, -0.15) is 0 Å². The quantitative estimate of drug-likeness (QED) is 0.0579. The zero-order valence-electron chi connectivity index (χ0n) is 31.1. The molecule has 2 nitrogen and oxygen atoms in total. The lowest BCUT2D eigenvalue weighted by molar-refractivity contribution is -0.727. The van der Waals surface area contributed by atoms with E-state index in [2.05, 4.69) is 49.6 Å². The average Bonchev–Trinajstić information content (AvgIpc) is 3.53. The van der Waals surface area contributed by atoms with Crippen molar-refractivity contribution in [3.05, 3.63) is 18.2 Å². The number of nitrogens with one attached hydrogen (secondary N) is 1. The van der Waals surface area contributed by atoms with Gasteiger partial charge >= 0.3 is 0 Å². The van der Waals surface area contributed by atoms with Gasteiger partial charge in [0.05, 0.1) is 12.0 Å². The molecule has 0 aliphatic rings. The molecule has 0 amide bonds. The van der Waals surface area contributed by atoms with Gasteiger partial charge in [-0.15, -0.1) is 0 Å². The second-order valence-corrected chi connectivity index (χ2v) is 14.7. The van der Waals surface area contributed by atoms with Crippen LogP contribution in [0.5, 0.6) is 0 Å². The highest BCUT2D eigenvalue weighted by molar-refractivity contribution is 4.90. The van der Waals surface area contributed by atoms with E-state index < -0.39 is 0 Å². The van der Waals surface area contributed by atoms with E-state index in [0.29, 0.717) is 12.0 Å². The second kappa shape index (κ2) is 32.2. The predicted molar refractivity (Wildman–Crippen MR) is 198 cm³/mol. The fourth-order valence-electron chi connectivity index (χ4n) is 7.31. The van der Waals surface area contributed by atoms with Crippen LogP contribution in [-0.4, -0.2) is 4.98 Å². The van der Waals surface area contributed by atoms with Crippen molar-refractivity contribution in [2.24, 2.45) is 0 Å². The molecule has 0 bridgehead atoms. The van der Waals surface area contributed by atoms with Gasteiger partial charge in [0, 0.05) is 0 Å². The number of rotatable bonds is 35. The van der Waals surface area contributed by atoms with Crippen LogP contribution >= 0.6 is 0 Å². The first-order valence-corrected chi connectivity index (χ1v) is 20.8. The molecular weight excluding hydrogens is 532 g/mol. The van der Waals surface area contributed by atoms with Gasteiger partial charge in [0.15, 0.2) is 0 Å². The van der Waals surface area contributed by atoms with Crippen molar-refractivity contribution in [2.45, 2.75) is 252 Å². The first-order chi connectivity index (χ1) is 21.7. The molecule has 260 valence electrons. The Balaban J connectivity index is 2.25. The summed E-state index contributed by atoms with van der Waals surface area (Å²) in [7, 11) is 0. The van der Waals surface area contributed by atoms with Gasteiger partial charge in [0.1, 0.15) is 12.4 Å². The lowest BCUT2D eigenvalue weighted by Crippen LogP contribution is -2.41. The van der Waals surface area contributed by atoms with E-state index in [1.165, 1.54) is 218 Å². The molecule has 2 unspecified atom stereocenters. The molecule has 1 N–H and O–H groups in total. The molecule has 0 fully saturated rings. The third kappa shape index (κ3) is 23.5. The van der Waals surface area contributed by atoms with E-state index in [1.54, 1.807) is 0 Å². The monoisotopic (exact) mass is 616 g/mol. The maximum Gasteiger partial charge on any atom is 0.257 e. The molecule has 0 saturated heterocycles. The second-order valence-electron chi connectivity index (χ2n) is 14.7. The van der Waals surface area contributed by atoms with E-state index >= 15 is 0 Å². The van der Waals surface area contributed by atoms with Crippen LogP contribution in [0.2, 0.25) is 0 Å². The van der Waals surface area contributed by atoms with Crippen LogP contribution in [0, 0.1) is 0 Å². The molecule has 0 saturated carbocycles. The fourth-order valence-corrected chi connectivity index (χ4v) is 7.31. The summed E-state index contributed by atoms with van der Waals surface area (Å²) >= 11 is 0. The maximum absolute atomic E-state index is 3.73. The zero-order chi connectivity index (χ0) is 31.8. The Morgan fingerprint density at radius 3 is 1.09 bits per heavy atom. The standard InChI is InChI=1S/C42H82N2/c1-5-8-11-14-16-18-20-21-22-23-24-25-27-29-31-34-37-41(36-33-13-10-7-3)42-43-38-39-44(42)40(4)35-32-30-28-26-19-17-15-12-9-6-2/h38-41H,5-37H2,1-4H3/p+1. The van der Waals surface area contributed by atoms with E-state index in [4.69, 9.17) is 0 Å². The summed E-state index contributed by atoms with van der Waals surface area (Å²) in [5, 5.41) is 0. The van der Waals surface area contributed by atoms with Crippen molar-refractivity contribution in [3.63, 3.8) is 0 Å². The molecule has 1 rings (SSSR count). The van der Waals surface area contributed by atoms with Crippen molar-refractivity contribution < 1.29 is 4.57 Å². The molecule has 2 heteroatoms. The van der Waals surface area contributed by atoms with Crippen LogP contribution in [0.3, 0.4) is 0 Å². The SMILES string of the molecule is CCCCCCCCCCCCCCCCCCC(CCCCCC)c1[nH]cc[n+]1C(C)CCCCCCCCCCCC. The molecular formula is C42H83N2+. The summed E-state index contributed by atoms with van der Waals surface area (Å²) in [4.78, 5) is 3.73. The predicted octanol–water partition coefficient (Wildman–Crippen LogP) is 14.9. The van der Waals surface area contributed by atoms with Gasteiger partial charge in [0.25, 0.3) is 5.82 Å². The molecule has 0 aromatic carbocycles. The Bertz CT molecular complexity index is 679. The Morgan fingerprint density at radius 1 is 0.432 bits per heavy atom. The van der Waals surface area contributed by atoms with Gasteiger partial charge in [0.2, 0.25) is 0 Å². The summed E-state index contributed by atoms with van der Waals surface area (Å²) < 4.78 is 2.63. The van der Waals surface area contributed by atoms with E-state index in [-0.39, 0.29) is 0 Å². The summed E-state index contributed by atoms with van der Waals surface area (Å²) in [6, 6.07) is 0.620. The molecule has 0 aliphatic carbocycles. The van der Waals surface area contributed by atoms with Crippen LogP contribution in [0.15, 0.2) is 12.4 Å². The number of hydrogen-bond acceptors (Lipinski definition) is 0. The van der Waals surface area contributed by atoms with Crippen LogP contribution < -0.4 is 4.57 Å². The third-order valence-electron chi connectivity index (χ3n) is 10.4. The van der Waals surface area contributed by atoms with E-state index in [9.17, 15) is 0 Å². The number of imidazole rings is 1. The number of unbranched alkanes of at least 4 members (excludes halogenated alkanes) is 27. The van der Waals surface area contributed by atoms with Crippen molar-refractivity contribution in [1.82, 2.24) is 4.98 Å². The number of nitrogens with zero attached hydrogens (tertiary/aromatic N) is 1. The van der Waals surface area contributed by atoms with Crippen LogP contribution in [0.4, 0.5) is 0 Å². The highest BCUT2D eigenvalue weighted by Gasteiger charge is 2.25. The summed E-state index contributed by atoms with van der Waals surface area (Å²) in [5.41, 5.74) is 0. The van der Waals surface area contributed by atoms with Crippen molar-refractivity contribution in [3.8, 4) is 0 Å². The Hall–Kier alpha value is -0.790. The molecule has 0 spiro atoms. The Kier molecular flexibility index (Phi) is 30.1. The number of aromatic amines is 1. The molecule has 44 heavy (non-hydrogen) atoms.